The number of aryl methyl sites for hydroxylation is 1. The highest BCUT2D eigenvalue weighted by molar-refractivity contribution is 9.10. The Morgan fingerprint density at radius 3 is 2.76 bits per heavy atom. The van der Waals surface area contributed by atoms with E-state index in [2.05, 4.69) is 31.5 Å². The van der Waals surface area contributed by atoms with Crippen LogP contribution in [0, 0.1) is 0 Å². The second-order valence-corrected chi connectivity index (χ2v) is 5.69. The van der Waals surface area contributed by atoms with Crippen molar-refractivity contribution in [1.29, 1.82) is 0 Å². The van der Waals surface area contributed by atoms with Gasteiger partial charge in [0.1, 0.15) is 0 Å². The quantitative estimate of drug-likeness (QED) is 0.629. The molecule has 21 heavy (non-hydrogen) atoms. The lowest BCUT2D eigenvalue weighted by Crippen LogP contribution is -2.39. The number of imidazole rings is 1. The SMILES string of the molecule is O=C(NC(=S)NCCCn1ccnc1)c1ccc(Br)cc1. The van der Waals surface area contributed by atoms with Gasteiger partial charge < -0.3 is 9.88 Å². The Morgan fingerprint density at radius 2 is 2.10 bits per heavy atom. The molecule has 0 spiro atoms. The molecule has 0 unspecified atom stereocenters. The summed E-state index contributed by atoms with van der Waals surface area (Å²) < 4.78 is 2.92. The van der Waals surface area contributed by atoms with Crippen LogP contribution in [-0.2, 0) is 6.54 Å². The zero-order valence-corrected chi connectivity index (χ0v) is 13.7. The Balaban J connectivity index is 1.69. The number of hydrogen-bond acceptors (Lipinski definition) is 3. The molecule has 0 aliphatic carbocycles. The molecule has 1 aromatic carbocycles. The number of nitrogens with one attached hydrogen (secondary N) is 2. The molecule has 7 heteroatoms. The third-order valence-electron chi connectivity index (χ3n) is 2.77. The molecule has 1 amide bonds. The summed E-state index contributed by atoms with van der Waals surface area (Å²) in [5.41, 5.74) is 0.570. The van der Waals surface area contributed by atoms with Crippen LogP contribution in [0.15, 0.2) is 47.5 Å². The van der Waals surface area contributed by atoms with Crippen molar-refractivity contribution in [3.05, 3.63) is 53.0 Å². The Kier molecular flexibility index (Phi) is 5.89. The zero-order valence-electron chi connectivity index (χ0n) is 11.3. The molecule has 0 aliphatic heterocycles. The number of rotatable bonds is 5. The van der Waals surface area contributed by atoms with Crippen molar-refractivity contribution in [2.24, 2.45) is 0 Å². The van der Waals surface area contributed by atoms with Gasteiger partial charge in [0.2, 0.25) is 0 Å². The van der Waals surface area contributed by atoms with Gasteiger partial charge in [0.15, 0.2) is 5.11 Å². The summed E-state index contributed by atoms with van der Waals surface area (Å²) in [6.45, 7) is 1.55. The van der Waals surface area contributed by atoms with Gasteiger partial charge >= 0.3 is 0 Å². The van der Waals surface area contributed by atoms with Gasteiger partial charge in [-0.3, -0.25) is 10.1 Å². The molecular weight excluding hydrogens is 352 g/mol. The van der Waals surface area contributed by atoms with Crippen LogP contribution in [0.5, 0.6) is 0 Å². The Labute approximate surface area is 136 Å². The number of hydrogen-bond donors (Lipinski definition) is 2. The molecule has 0 saturated heterocycles. The monoisotopic (exact) mass is 366 g/mol. The summed E-state index contributed by atoms with van der Waals surface area (Å²) in [5, 5.41) is 6.01. The van der Waals surface area contributed by atoms with E-state index in [1.165, 1.54) is 0 Å². The predicted octanol–water partition coefficient (Wildman–Crippen LogP) is 2.34. The predicted molar refractivity (Wildman–Crippen MR) is 89.1 cm³/mol. The van der Waals surface area contributed by atoms with Crippen molar-refractivity contribution >= 4 is 39.2 Å². The van der Waals surface area contributed by atoms with Crippen LogP contribution in [0.25, 0.3) is 0 Å². The van der Waals surface area contributed by atoms with Gasteiger partial charge in [-0.1, -0.05) is 15.9 Å². The maximum Gasteiger partial charge on any atom is 0.257 e. The molecule has 110 valence electrons. The first kappa shape index (κ1) is 15.7. The molecule has 0 saturated carbocycles. The van der Waals surface area contributed by atoms with Crippen LogP contribution in [0.1, 0.15) is 16.8 Å². The van der Waals surface area contributed by atoms with E-state index < -0.39 is 0 Å². The first-order chi connectivity index (χ1) is 10.1. The molecule has 2 aromatic rings. The molecule has 5 nitrogen and oxygen atoms in total. The fourth-order valence-corrected chi connectivity index (χ4v) is 2.16. The summed E-state index contributed by atoms with van der Waals surface area (Å²) in [4.78, 5) is 15.9. The van der Waals surface area contributed by atoms with Crippen molar-refractivity contribution < 1.29 is 4.79 Å². The second kappa shape index (κ2) is 7.90. The molecule has 1 aromatic heterocycles. The van der Waals surface area contributed by atoms with E-state index in [9.17, 15) is 4.79 Å². The molecule has 1 heterocycles. The number of halogens is 1. The Hall–Kier alpha value is -1.73. The smallest absolute Gasteiger partial charge is 0.257 e. The van der Waals surface area contributed by atoms with Crippen LogP contribution >= 0.6 is 28.1 Å². The maximum atomic E-state index is 11.9. The number of carbonyl (C=O) groups is 1. The zero-order chi connectivity index (χ0) is 15.1. The lowest BCUT2D eigenvalue weighted by atomic mass is 10.2. The average Bonchev–Trinajstić information content (AvgIpc) is 2.97. The lowest BCUT2D eigenvalue weighted by Gasteiger charge is -2.09. The van der Waals surface area contributed by atoms with Gasteiger partial charge in [0.05, 0.1) is 6.33 Å². The normalized spacial score (nSPS) is 10.1. The average molecular weight is 367 g/mol. The van der Waals surface area contributed by atoms with Crippen LogP contribution in [0.4, 0.5) is 0 Å². The van der Waals surface area contributed by atoms with Crippen molar-refractivity contribution in [3.63, 3.8) is 0 Å². The maximum absolute atomic E-state index is 11.9. The molecule has 0 atom stereocenters. The van der Waals surface area contributed by atoms with Crippen LogP contribution in [0.3, 0.4) is 0 Å². The fraction of sp³-hybridized carbons (Fsp3) is 0.214. The first-order valence-corrected chi connectivity index (χ1v) is 7.66. The van der Waals surface area contributed by atoms with Crippen molar-refractivity contribution in [2.45, 2.75) is 13.0 Å². The third kappa shape index (κ3) is 5.28. The number of amides is 1. The Morgan fingerprint density at radius 1 is 1.33 bits per heavy atom. The first-order valence-electron chi connectivity index (χ1n) is 6.45. The molecule has 0 radical (unpaired) electrons. The van der Waals surface area contributed by atoms with E-state index >= 15 is 0 Å². The van der Waals surface area contributed by atoms with Gasteiger partial charge in [-0.15, -0.1) is 0 Å². The van der Waals surface area contributed by atoms with E-state index in [0.29, 0.717) is 17.2 Å². The van der Waals surface area contributed by atoms with Crippen LogP contribution in [0.2, 0.25) is 0 Å². The summed E-state index contributed by atoms with van der Waals surface area (Å²) in [6, 6.07) is 7.11. The van der Waals surface area contributed by atoms with Gasteiger partial charge in [0.25, 0.3) is 5.91 Å². The van der Waals surface area contributed by atoms with E-state index in [4.69, 9.17) is 12.2 Å². The number of thiocarbonyl (C=S) groups is 1. The molecular formula is C14H15BrN4OS. The largest absolute Gasteiger partial charge is 0.362 e. The van der Waals surface area contributed by atoms with E-state index in [0.717, 1.165) is 17.4 Å². The van der Waals surface area contributed by atoms with Gasteiger partial charge in [-0.2, -0.15) is 0 Å². The van der Waals surface area contributed by atoms with Crippen molar-refractivity contribution in [3.8, 4) is 0 Å². The molecule has 2 N–H and O–H groups in total. The van der Waals surface area contributed by atoms with Crippen molar-refractivity contribution in [1.82, 2.24) is 20.2 Å². The standard InChI is InChI=1S/C14H15BrN4OS/c15-12-4-2-11(3-5-12)13(20)18-14(21)17-6-1-8-19-9-7-16-10-19/h2-5,7,9-10H,1,6,8H2,(H2,17,18,20,21). The minimum atomic E-state index is -0.213. The molecule has 2 rings (SSSR count). The van der Waals surface area contributed by atoms with Crippen LogP contribution < -0.4 is 10.6 Å². The number of nitrogens with zero attached hydrogens (tertiary/aromatic N) is 2. The summed E-state index contributed by atoms with van der Waals surface area (Å²) in [6.07, 6.45) is 6.32. The molecule has 0 fully saturated rings. The number of carbonyl (C=O) groups excluding carboxylic acids is 1. The number of benzene rings is 1. The second-order valence-electron chi connectivity index (χ2n) is 4.37. The van der Waals surface area contributed by atoms with Gasteiger partial charge in [-0.25, -0.2) is 4.98 Å². The van der Waals surface area contributed by atoms with Crippen molar-refractivity contribution in [2.75, 3.05) is 6.54 Å². The summed E-state index contributed by atoms with van der Waals surface area (Å²) in [5.74, 6) is -0.213. The topological polar surface area (TPSA) is 59.0 Å². The molecule has 0 aliphatic rings. The van der Waals surface area contributed by atoms with E-state index in [-0.39, 0.29) is 5.91 Å². The van der Waals surface area contributed by atoms with Gasteiger partial charge in [-0.05, 0) is 42.9 Å². The summed E-state index contributed by atoms with van der Waals surface area (Å²) in [7, 11) is 0. The fourth-order valence-electron chi connectivity index (χ4n) is 1.70. The van der Waals surface area contributed by atoms with E-state index in [1.807, 2.05) is 22.9 Å². The number of aromatic nitrogens is 2. The Bertz CT molecular complexity index is 598. The van der Waals surface area contributed by atoms with E-state index in [1.54, 1.807) is 24.7 Å². The lowest BCUT2D eigenvalue weighted by molar-refractivity contribution is 0.0976. The van der Waals surface area contributed by atoms with Crippen LogP contribution in [-0.4, -0.2) is 27.1 Å². The summed E-state index contributed by atoms with van der Waals surface area (Å²) >= 11 is 8.43. The minimum absolute atomic E-state index is 0.213. The minimum Gasteiger partial charge on any atom is -0.362 e. The highest BCUT2D eigenvalue weighted by Gasteiger charge is 2.06. The highest BCUT2D eigenvalue weighted by Crippen LogP contribution is 2.10. The van der Waals surface area contributed by atoms with Gasteiger partial charge in [0, 0.05) is 35.5 Å². The molecule has 0 bridgehead atoms. The third-order valence-corrected chi connectivity index (χ3v) is 3.55. The highest BCUT2D eigenvalue weighted by atomic mass is 79.9.